The van der Waals surface area contributed by atoms with E-state index in [4.69, 9.17) is 0 Å². The summed E-state index contributed by atoms with van der Waals surface area (Å²) in [5, 5.41) is 15.2. The predicted molar refractivity (Wildman–Crippen MR) is 113 cm³/mol. The predicted octanol–water partition coefficient (Wildman–Crippen LogP) is 4.12. The Morgan fingerprint density at radius 1 is 1.18 bits per heavy atom. The van der Waals surface area contributed by atoms with E-state index in [0.29, 0.717) is 11.9 Å². The van der Waals surface area contributed by atoms with Gasteiger partial charge in [0.1, 0.15) is 15.8 Å². The van der Waals surface area contributed by atoms with Gasteiger partial charge in [0.15, 0.2) is 0 Å². The number of amides is 1. The molecule has 1 aliphatic heterocycles. The molecule has 2 aromatic heterocycles. The molecule has 1 amide bonds. The minimum Gasteiger partial charge on any atom is -0.310 e. The SMILES string of the molecule is Cc1nnc(-c2ccc3cnc(NC(=O)C4CCN(C(C)C)CC4)cc3c2)s1. The van der Waals surface area contributed by atoms with Gasteiger partial charge in [0.2, 0.25) is 5.91 Å². The van der Waals surface area contributed by atoms with E-state index in [0.717, 1.165) is 52.3 Å². The van der Waals surface area contributed by atoms with Gasteiger partial charge in [-0.2, -0.15) is 0 Å². The number of carbonyl (C=O) groups is 1. The van der Waals surface area contributed by atoms with E-state index in [1.807, 2.05) is 25.1 Å². The third-order valence-corrected chi connectivity index (χ3v) is 6.26. The molecule has 0 radical (unpaired) electrons. The van der Waals surface area contributed by atoms with Gasteiger partial charge < -0.3 is 10.2 Å². The number of piperidine rings is 1. The number of fused-ring (bicyclic) bond motifs is 1. The summed E-state index contributed by atoms with van der Waals surface area (Å²) in [6, 6.07) is 8.62. The molecule has 0 saturated carbocycles. The minimum absolute atomic E-state index is 0.0585. The first-order chi connectivity index (χ1) is 13.5. The lowest BCUT2D eigenvalue weighted by atomic mass is 9.95. The van der Waals surface area contributed by atoms with Crippen LogP contribution in [-0.4, -0.2) is 45.1 Å². The Hall–Kier alpha value is -2.38. The van der Waals surface area contributed by atoms with Gasteiger partial charge in [0.25, 0.3) is 0 Å². The largest absolute Gasteiger partial charge is 0.310 e. The Morgan fingerprint density at radius 3 is 2.64 bits per heavy atom. The Morgan fingerprint density at radius 2 is 1.96 bits per heavy atom. The summed E-state index contributed by atoms with van der Waals surface area (Å²) in [7, 11) is 0. The van der Waals surface area contributed by atoms with Gasteiger partial charge in [0, 0.05) is 29.1 Å². The highest BCUT2D eigenvalue weighted by molar-refractivity contribution is 7.14. The summed E-state index contributed by atoms with van der Waals surface area (Å²) in [5.41, 5.74) is 1.03. The molecule has 146 valence electrons. The van der Waals surface area contributed by atoms with Gasteiger partial charge in [0.05, 0.1) is 0 Å². The van der Waals surface area contributed by atoms with Gasteiger partial charge in [-0.25, -0.2) is 4.98 Å². The molecule has 1 saturated heterocycles. The third kappa shape index (κ3) is 4.05. The lowest BCUT2D eigenvalue weighted by Crippen LogP contribution is -2.41. The van der Waals surface area contributed by atoms with Crippen molar-refractivity contribution in [2.75, 3.05) is 18.4 Å². The van der Waals surface area contributed by atoms with Crippen LogP contribution in [0.3, 0.4) is 0 Å². The number of hydrogen-bond donors (Lipinski definition) is 1. The number of hydrogen-bond acceptors (Lipinski definition) is 6. The second-order valence-corrected chi connectivity index (χ2v) is 8.83. The Balaban J connectivity index is 1.49. The summed E-state index contributed by atoms with van der Waals surface area (Å²) >= 11 is 1.57. The van der Waals surface area contributed by atoms with Crippen LogP contribution in [0.5, 0.6) is 0 Å². The Labute approximate surface area is 169 Å². The topological polar surface area (TPSA) is 71.0 Å². The fourth-order valence-corrected chi connectivity index (χ4v) is 4.35. The Bertz CT molecular complexity index is 991. The van der Waals surface area contributed by atoms with Crippen molar-refractivity contribution in [3.8, 4) is 10.6 Å². The number of anilines is 1. The van der Waals surface area contributed by atoms with E-state index >= 15 is 0 Å². The van der Waals surface area contributed by atoms with Crippen LogP contribution in [0.15, 0.2) is 30.5 Å². The quantitative estimate of drug-likeness (QED) is 0.719. The maximum Gasteiger partial charge on any atom is 0.228 e. The molecule has 7 heteroatoms. The molecule has 0 spiro atoms. The fourth-order valence-electron chi connectivity index (χ4n) is 3.66. The maximum absolute atomic E-state index is 12.7. The van der Waals surface area contributed by atoms with Gasteiger partial charge >= 0.3 is 0 Å². The highest BCUT2D eigenvalue weighted by Crippen LogP contribution is 2.28. The van der Waals surface area contributed by atoms with E-state index in [-0.39, 0.29) is 11.8 Å². The molecule has 6 nitrogen and oxygen atoms in total. The van der Waals surface area contributed by atoms with Crippen molar-refractivity contribution in [2.45, 2.75) is 39.7 Å². The van der Waals surface area contributed by atoms with Gasteiger partial charge in [-0.3, -0.25) is 4.79 Å². The molecule has 0 bridgehead atoms. The third-order valence-electron chi connectivity index (χ3n) is 5.38. The Kier molecular flexibility index (Phi) is 5.37. The van der Waals surface area contributed by atoms with Crippen molar-refractivity contribution in [2.24, 2.45) is 5.92 Å². The first-order valence-corrected chi connectivity index (χ1v) is 10.6. The average molecular weight is 396 g/mol. The molecule has 0 aliphatic carbocycles. The molecule has 1 aliphatic rings. The summed E-state index contributed by atoms with van der Waals surface area (Å²) in [5.74, 6) is 0.740. The molecule has 0 atom stereocenters. The molecular weight excluding hydrogens is 370 g/mol. The zero-order valence-corrected chi connectivity index (χ0v) is 17.3. The molecule has 0 unspecified atom stereocenters. The van der Waals surface area contributed by atoms with Gasteiger partial charge in [-0.1, -0.05) is 23.5 Å². The number of aromatic nitrogens is 3. The zero-order valence-electron chi connectivity index (χ0n) is 16.5. The lowest BCUT2D eigenvalue weighted by Gasteiger charge is -2.33. The first kappa shape index (κ1) is 19.0. The number of likely N-dealkylation sites (tertiary alicyclic amines) is 1. The number of benzene rings is 1. The number of aryl methyl sites for hydroxylation is 1. The number of nitrogens with zero attached hydrogens (tertiary/aromatic N) is 4. The van der Waals surface area contributed by atoms with Crippen molar-refractivity contribution in [3.63, 3.8) is 0 Å². The van der Waals surface area contributed by atoms with Crippen molar-refractivity contribution in [3.05, 3.63) is 35.5 Å². The molecule has 4 rings (SSSR count). The molecule has 3 aromatic rings. The molecule has 3 heterocycles. The summed E-state index contributed by atoms with van der Waals surface area (Å²) in [4.78, 5) is 19.5. The number of carbonyl (C=O) groups excluding carboxylic acids is 1. The van der Waals surface area contributed by atoms with Crippen LogP contribution in [0.25, 0.3) is 21.3 Å². The zero-order chi connectivity index (χ0) is 19.7. The van der Waals surface area contributed by atoms with Crippen LogP contribution in [-0.2, 0) is 4.79 Å². The van der Waals surface area contributed by atoms with E-state index < -0.39 is 0 Å². The molecule has 1 N–H and O–H groups in total. The average Bonchev–Trinajstić information content (AvgIpc) is 3.14. The monoisotopic (exact) mass is 395 g/mol. The summed E-state index contributed by atoms with van der Waals surface area (Å²) < 4.78 is 0. The summed E-state index contributed by atoms with van der Waals surface area (Å²) in [6.07, 6.45) is 3.61. The standard InChI is InChI=1S/C21H25N5OS/c1-13(2)26-8-6-15(7-9-26)20(27)23-19-11-18-10-16(4-5-17(18)12-22-19)21-25-24-14(3)28-21/h4-5,10-13,15H,6-9H2,1-3H3,(H,22,23,27). The summed E-state index contributed by atoms with van der Waals surface area (Å²) in [6.45, 7) is 8.32. The van der Waals surface area contributed by atoms with E-state index in [1.165, 1.54) is 0 Å². The normalized spacial score (nSPS) is 16.0. The molecule has 1 aromatic carbocycles. The van der Waals surface area contributed by atoms with Crippen molar-refractivity contribution < 1.29 is 4.79 Å². The van der Waals surface area contributed by atoms with Crippen LogP contribution in [0.2, 0.25) is 0 Å². The van der Waals surface area contributed by atoms with Gasteiger partial charge in [-0.15, -0.1) is 10.2 Å². The second kappa shape index (κ2) is 7.93. The second-order valence-electron chi connectivity index (χ2n) is 7.65. The number of rotatable bonds is 4. The highest BCUT2D eigenvalue weighted by atomic mass is 32.1. The first-order valence-electron chi connectivity index (χ1n) is 9.75. The van der Waals surface area contributed by atoms with E-state index in [1.54, 1.807) is 17.5 Å². The number of pyridine rings is 1. The van der Waals surface area contributed by atoms with E-state index in [9.17, 15) is 4.79 Å². The van der Waals surface area contributed by atoms with E-state index in [2.05, 4.69) is 45.3 Å². The highest BCUT2D eigenvalue weighted by Gasteiger charge is 2.26. The van der Waals surface area contributed by atoms with Crippen LogP contribution in [0, 0.1) is 12.8 Å². The molecule has 28 heavy (non-hydrogen) atoms. The lowest BCUT2D eigenvalue weighted by molar-refractivity contribution is -0.121. The van der Waals surface area contributed by atoms with Crippen molar-refractivity contribution in [1.29, 1.82) is 0 Å². The maximum atomic E-state index is 12.7. The van der Waals surface area contributed by atoms with Crippen molar-refractivity contribution >= 4 is 33.8 Å². The fraction of sp³-hybridized carbons (Fsp3) is 0.429. The molecule has 1 fully saturated rings. The minimum atomic E-state index is 0.0585. The van der Waals surface area contributed by atoms with Crippen LogP contribution in [0.1, 0.15) is 31.7 Å². The van der Waals surface area contributed by atoms with Crippen molar-refractivity contribution in [1.82, 2.24) is 20.1 Å². The smallest absolute Gasteiger partial charge is 0.228 e. The number of nitrogens with one attached hydrogen (secondary N) is 1. The van der Waals surface area contributed by atoms with Gasteiger partial charge in [-0.05, 0) is 64.2 Å². The van der Waals surface area contributed by atoms with Crippen LogP contribution >= 0.6 is 11.3 Å². The molecular formula is C21H25N5OS. The van der Waals surface area contributed by atoms with Crippen LogP contribution < -0.4 is 5.32 Å². The van der Waals surface area contributed by atoms with Crippen LogP contribution in [0.4, 0.5) is 5.82 Å².